The SMILES string of the molecule is CCS(=O)(=O)c1ccc(C(=O)N=c2sc3cc(C)c(C)cc3n2C)cc1. The van der Waals surface area contributed by atoms with Gasteiger partial charge in [-0.25, -0.2) is 8.42 Å². The maximum Gasteiger partial charge on any atom is 0.279 e. The quantitative estimate of drug-likeness (QED) is 0.691. The summed E-state index contributed by atoms with van der Waals surface area (Å²) in [6, 6.07) is 10.1. The number of hydrogen-bond donors (Lipinski definition) is 0. The number of carbonyl (C=O) groups excluding carboxylic acids is 1. The molecule has 0 aliphatic heterocycles. The average molecular weight is 389 g/mol. The van der Waals surface area contributed by atoms with Crippen LogP contribution in [0.25, 0.3) is 10.2 Å². The molecule has 0 spiro atoms. The van der Waals surface area contributed by atoms with Gasteiger partial charge >= 0.3 is 0 Å². The molecule has 3 rings (SSSR count). The number of thiazole rings is 1. The number of carbonyl (C=O) groups is 1. The number of aryl methyl sites for hydroxylation is 3. The van der Waals surface area contributed by atoms with E-state index in [0.717, 1.165) is 10.2 Å². The van der Waals surface area contributed by atoms with Crippen LogP contribution in [0.4, 0.5) is 0 Å². The fourth-order valence-corrected chi connectivity index (χ4v) is 4.59. The first-order valence-corrected chi connectivity index (χ1v) is 10.7. The third-order valence-electron chi connectivity index (χ3n) is 4.46. The summed E-state index contributed by atoms with van der Waals surface area (Å²) in [4.78, 5) is 17.5. The predicted octanol–water partition coefficient (Wildman–Crippen LogP) is 3.39. The second-order valence-corrected chi connectivity index (χ2v) is 9.48. The molecule has 0 unspecified atom stereocenters. The number of aromatic nitrogens is 1. The number of fused-ring (bicyclic) bond motifs is 1. The molecule has 0 saturated heterocycles. The number of nitrogens with zero attached hydrogens (tertiary/aromatic N) is 2. The van der Waals surface area contributed by atoms with Crippen molar-refractivity contribution in [2.24, 2.45) is 12.0 Å². The predicted molar refractivity (Wildman–Crippen MR) is 104 cm³/mol. The lowest BCUT2D eigenvalue weighted by atomic mass is 10.1. The second-order valence-electron chi connectivity index (χ2n) is 6.19. The fourth-order valence-electron chi connectivity index (χ4n) is 2.61. The molecule has 0 N–H and O–H groups in total. The average Bonchev–Trinajstić information content (AvgIpc) is 2.91. The summed E-state index contributed by atoms with van der Waals surface area (Å²) in [5, 5.41) is 0. The smallest absolute Gasteiger partial charge is 0.279 e. The van der Waals surface area contributed by atoms with Gasteiger partial charge in [0.1, 0.15) is 0 Å². The van der Waals surface area contributed by atoms with Crippen molar-refractivity contribution >= 4 is 37.3 Å². The lowest BCUT2D eigenvalue weighted by Crippen LogP contribution is -2.13. The van der Waals surface area contributed by atoms with Gasteiger partial charge in [0.25, 0.3) is 5.91 Å². The normalized spacial score (nSPS) is 12.7. The van der Waals surface area contributed by atoms with Gasteiger partial charge in [0.15, 0.2) is 14.6 Å². The number of amides is 1. The van der Waals surface area contributed by atoms with E-state index in [0.29, 0.717) is 10.4 Å². The monoisotopic (exact) mass is 388 g/mol. The Morgan fingerprint density at radius 2 is 1.73 bits per heavy atom. The molecule has 0 aliphatic carbocycles. The molecule has 1 amide bonds. The molecular weight excluding hydrogens is 368 g/mol. The number of sulfone groups is 1. The molecule has 0 atom stereocenters. The zero-order valence-corrected chi connectivity index (χ0v) is 16.7. The van der Waals surface area contributed by atoms with Crippen molar-refractivity contribution < 1.29 is 13.2 Å². The van der Waals surface area contributed by atoms with Crippen molar-refractivity contribution in [2.75, 3.05) is 5.75 Å². The molecule has 136 valence electrons. The molecule has 0 aliphatic rings. The van der Waals surface area contributed by atoms with Gasteiger partial charge in [-0.2, -0.15) is 4.99 Å². The van der Waals surface area contributed by atoms with Crippen LogP contribution in [-0.4, -0.2) is 24.6 Å². The molecule has 1 aromatic heterocycles. The van der Waals surface area contributed by atoms with E-state index in [1.165, 1.54) is 46.7 Å². The summed E-state index contributed by atoms with van der Waals surface area (Å²) >= 11 is 1.46. The molecule has 26 heavy (non-hydrogen) atoms. The van der Waals surface area contributed by atoms with Crippen LogP contribution >= 0.6 is 11.3 Å². The minimum Gasteiger partial charge on any atom is -0.319 e. The van der Waals surface area contributed by atoms with Crippen LogP contribution in [0.3, 0.4) is 0 Å². The van der Waals surface area contributed by atoms with Gasteiger partial charge in [-0.15, -0.1) is 0 Å². The van der Waals surface area contributed by atoms with Crippen molar-refractivity contribution in [2.45, 2.75) is 25.7 Å². The van der Waals surface area contributed by atoms with Crippen LogP contribution in [0, 0.1) is 13.8 Å². The van der Waals surface area contributed by atoms with Crippen LogP contribution in [0.2, 0.25) is 0 Å². The van der Waals surface area contributed by atoms with Gasteiger partial charge in [-0.05, 0) is 61.4 Å². The number of benzene rings is 2. The Bertz CT molecular complexity index is 1170. The Hall–Kier alpha value is -2.25. The van der Waals surface area contributed by atoms with Crippen LogP contribution < -0.4 is 4.80 Å². The van der Waals surface area contributed by atoms with E-state index in [9.17, 15) is 13.2 Å². The number of hydrogen-bond acceptors (Lipinski definition) is 4. The van der Waals surface area contributed by atoms with E-state index < -0.39 is 9.84 Å². The maximum atomic E-state index is 12.5. The fraction of sp³-hybridized carbons (Fsp3) is 0.263. The van der Waals surface area contributed by atoms with E-state index >= 15 is 0 Å². The Balaban J connectivity index is 2.01. The van der Waals surface area contributed by atoms with Crippen LogP contribution in [0.1, 0.15) is 28.4 Å². The second kappa shape index (κ2) is 6.81. The van der Waals surface area contributed by atoms with Crippen molar-refractivity contribution in [1.82, 2.24) is 4.57 Å². The van der Waals surface area contributed by atoms with E-state index in [2.05, 4.69) is 31.0 Å². The van der Waals surface area contributed by atoms with Crippen molar-refractivity contribution in [3.8, 4) is 0 Å². The number of rotatable bonds is 3. The molecular formula is C19H20N2O3S2. The topological polar surface area (TPSA) is 68.5 Å². The van der Waals surface area contributed by atoms with Gasteiger partial charge in [0.2, 0.25) is 0 Å². The van der Waals surface area contributed by atoms with Gasteiger partial charge < -0.3 is 4.57 Å². The van der Waals surface area contributed by atoms with E-state index in [1.807, 2.05) is 11.6 Å². The summed E-state index contributed by atoms with van der Waals surface area (Å²) in [5.41, 5.74) is 3.79. The highest BCUT2D eigenvalue weighted by molar-refractivity contribution is 7.91. The molecule has 5 nitrogen and oxygen atoms in total. The van der Waals surface area contributed by atoms with Gasteiger partial charge in [-0.3, -0.25) is 4.79 Å². The molecule has 0 fully saturated rings. The van der Waals surface area contributed by atoms with Crippen LogP contribution in [-0.2, 0) is 16.9 Å². The Morgan fingerprint density at radius 3 is 2.35 bits per heavy atom. The molecule has 0 bridgehead atoms. The van der Waals surface area contributed by atoms with Crippen molar-refractivity contribution in [3.63, 3.8) is 0 Å². The van der Waals surface area contributed by atoms with Gasteiger partial charge in [0, 0.05) is 12.6 Å². The zero-order valence-electron chi connectivity index (χ0n) is 15.1. The first kappa shape index (κ1) is 18.5. The molecule has 7 heteroatoms. The summed E-state index contributed by atoms with van der Waals surface area (Å²) < 4.78 is 26.7. The minimum atomic E-state index is -3.28. The highest BCUT2D eigenvalue weighted by Gasteiger charge is 2.13. The molecule has 2 aromatic carbocycles. The zero-order chi connectivity index (χ0) is 19.1. The summed E-state index contributed by atoms with van der Waals surface area (Å²) in [7, 11) is -1.39. The van der Waals surface area contributed by atoms with E-state index in [-0.39, 0.29) is 16.6 Å². The minimum absolute atomic E-state index is 0.0289. The van der Waals surface area contributed by atoms with Crippen molar-refractivity contribution in [3.05, 3.63) is 57.9 Å². The largest absolute Gasteiger partial charge is 0.319 e. The molecule has 1 heterocycles. The first-order chi connectivity index (χ1) is 12.2. The maximum absolute atomic E-state index is 12.5. The highest BCUT2D eigenvalue weighted by Crippen LogP contribution is 2.21. The third kappa shape index (κ3) is 3.37. The Labute approximate surface area is 156 Å². The standard InChI is InChI=1S/C19H20N2O3S2/c1-5-26(23,24)15-8-6-14(7-9-15)18(22)20-19-21(4)16-10-12(2)13(3)11-17(16)25-19/h6-11H,5H2,1-4H3. The third-order valence-corrected chi connectivity index (χ3v) is 7.31. The van der Waals surface area contributed by atoms with Crippen LogP contribution in [0.5, 0.6) is 0 Å². The highest BCUT2D eigenvalue weighted by atomic mass is 32.2. The molecule has 0 radical (unpaired) electrons. The lowest BCUT2D eigenvalue weighted by molar-refractivity contribution is 0.0998. The van der Waals surface area contributed by atoms with Crippen molar-refractivity contribution in [1.29, 1.82) is 0 Å². The van der Waals surface area contributed by atoms with Gasteiger partial charge in [0.05, 0.1) is 20.9 Å². The summed E-state index contributed by atoms with van der Waals surface area (Å²) in [6.45, 7) is 5.71. The van der Waals surface area contributed by atoms with E-state index in [4.69, 9.17) is 0 Å². The molecule has 0 saturated carbocycles. The molecule has 3 aromatic rings. The van der Waals surface area contributed by atoms with Crippen LogP contribution in [0.15, 0.2) is 46.3 Å². The Kier molecular flexibility index (Phi) is 4.86. The Morgan fingerprint density at radius 1 is 1.12 bits per heavy atom. The first-order valence-electron chi connectivity index (χ1n) is 8.21. The van der Waals surface area contributed by atoms with Gasteiger partial charge in [-0.1, -0.05) is 18.3 Å². The summed E-state index contributed by atoms with van der Waals surface area (Å²) in [5.74, 6) is -0.359. The lowest BCUT2D eigenvalue weighted by Gasteiger charge is -2.02. The summed E-state index contributed by atoms with van der Waals surface area (Å²) in [6.07, 6.45) is 0. The van der Waals surface area contributed by atoms with E-state index in [1.54, 1.807) is 6.92 Å².